The van der Waals surface area contributed by atoms with E-state index in [4.69, 9.17) is 28.2 Å². The standard InChI is InChI=1S/C16H17Cl2N5/c1-9-13(10-2-11(17)4-12(18)3-10)5-14-16(9)22-15(21-14)6-23-8-19-7-20-23/h2-4,7-9,13-14,16H,5-6H2,1H3,(H,21,22)/t9-,13-,14?,16?/m0/s1. The Kier molecular flexibility index (Phi) is 3.77. The fourth-order valence-corrected chi connectivity index (χ4v) is 4.34. The Bertz CT molecular complexity index is 723. The Morgan fingerprint density at radius 3 is 2.70 bits per heavy atom. The summed E-state index contributed by atoms with van der Waals surface area (Å²) in [6.45, 7) is 2.90. The summed E-state index contributed by atoms with van der Waals surface area (Å²) < 4.78 is 1.78. The molecule has 1 aromatic carbocycles. The molecular weight excluding hydrogens is 333 g/mol. The van der Waals surface area contributed by atoms with Crippen LogP contribution in [0.3, 0.4) is 0 Å². The molecule has 1 aliphatic carbocycles. The van der Waals surface area contributed by atoms with E-state index in [1.807, 2.05) is 12.1 Å². The zero-order valence-electron chi connectivity index (χ0n) is 12.7. The fraction of sp³-hybridized carbons (Fsp3) is 0.438. The molecule has 1 saturated carbocycles. The first-order valence-corrected chi connectivity index (χ1v) is 8.47. The van der Waals surface area contributed by atoms with Crippen molar-refractivity contribution in [3.05, 3.63) is 46.5 Å². The van der Waals surface area contributed by atoms with Gasteiger partial charge < -0.3 is 5.32 Å². The number of aromatic nitrogens is 3. The van der Waals surface area contributed by atoms with Gasteiger partial charge in [-0.2, -0.15) is 5.10 Å². The quantitative estimate of drug-likeness (QED) is 0.925. The largest absolute Gasteiger partial charge is 0.367 e. The molecule has 4 rings (SSSR count). The van der Waals surface area contributed by atoms with Gasteiger partial charge in [-0.05, 0) is 42.0 Å². The second-order valence-electron chi connectivity index (χ2n) is 6.31. The van der Waals surface area contributed by atoms with E-state index in [0.717, 1.165) is 12.3 Å². The highest BCUT2D eigenvalue weighted by Gasteiger charge is 2.44. The fourth-order valence-electron chi connectivity index (χ4n) is 3.80. The summed E-state index contributed by atoms with van der Waals surface area (Å²) in [7, 11) is 0. The summed E-state index contributed by atoms with van der Waals surface area (Å²) in [4.78, 5) is 8.84. The Morgan fingerprint density at radius 1 is 1.26 bits per heavy atom. The summed E-state index contributed by atoms with van der Waals surface area (Å²) >= 11 is 12.3. The lowest BCUT2D eigenvalue weighted by Crippen LogP contribution is -2.33. The number of aliphatic imine (C=N–C) groups is 1. The summed E-state index contributed by atoms with van der Waals surface area (Å²) in [6, 6.07) is 6.48. The second-order valence-corrected chi connectivity index (χ2v) is 7.19. The summed E-state index contributed by atoms with van der Waals surface area (Å²) in [5, 5.41) is 9.07. The maximum Gasteiger partial charge on any atom is 0.137 e. The summed E-state index contributed by atoms with van der Waals surface area (Å²) in [5.41, 5.74) is 1.21. The van der Waals surface area contributed by atoms with Crippen LogP contribution in [0, 0.1) is 5.92 Å². The molecule has 0 spiro atoms. The average Bonchev–Trinajstić information content (AvgIpc) is 3.18. The molecule has 1 fully saturated rings. The molecule has 1 aromatic heterocycles. The van der Waals surface area contributed by atoms with Crippen molar-refractivity contribution < 1.29 is 0 Å². The smallest absolute Gasteiger partial charge is 0.137 e. The molecule has 0 radical (unpaired) electrons. The van der Waals surface area contributed by atoms with Gasteiger partial charge in [0.15, 0.2) is 0 Å². The van der Waals surface area contributed by atoms with Crippen LogP contribution in [-0.2, 0) is 6.54 Å². The number of fused-ring (bicyclic) bond motifs is 1. The zero-order chi connectivity index (χ0) is 16.0. The molecule has 2 heterocycles. The van der Waals surface area contributed by atoms with E-state index in [9.17, 15) is 0 Å². The minimum absolute atomic E-state index is 0.288. The van der Waals surface area contributed by atoms with E-state index in [-0.39, 0.29) is 6.04 Å². The van der Waals surface area contributed by atoms with Crippen LogP contribution in [0.5, 0.6) is 0 Å². The van der Waals surface area contributed by atoms with Crippen LogP contribution in [-0.4, -0.2) is 32.7 Å². The molecule has 2 unspecified atom stereocenters. The Balaban J connectivity index is 1.53. The van der Waals surface area contributed by atoms with E-state index < -0.39 is 0 Å². The number of nitrogens with zero attached hydrogens (tertiary/aromatic N) is 4. The monoisotopic (exact) mass is 349 g/mol. The molecule has 2 aliphatic rings. The molecule has 5 nitrogen and oxygen atoms in total. The second kappa shape index (κ2) is 5.80. The highest BCUT2D eigenvalue weighted by molar-refractivity contribution is 6.34. The Labute approximate surface area is 144 Å². The van der Waals surface area contributed by atoms with Gasteiger partial charge in [0.1, 0.15) is 18.5 Å². The van der Waals surface area contributed by atoms with Crippen LogP contribution < -0.4 is 5.32 Å². The number of hydrogen-bond donors (Lipinski definition) is 1. The molecule has 120 valence electrons. The van der Waals surface area contributed by atoms with Crippen LogP contribution in [0.25, 0.3) is 0 Å². The molecule has 1 N–H and O–H groups in total. The first-order valence-electron chi connectivity index (χ1n) is 7.72. The van der Waals surface area contributed by atoms with E-state index in [2.05, 4.69) is 22.3 Å². The van der Waals surface area contributed by atoms with Gasteiger partial charge in [0, 0.05) is 10.0 Å². The van der Waals surface area contributed by atoms with Crippen molar-refractivity contribution in [2.24, 2.45) is 10.9 Å². The van der Waals surface area contributed by atoms with Crippen LogP contribution >= 0.6 is 23.2 Å². The molecule has 0 amide bonds. The number of halogens is 2. The average molecular weight is 350 g/mol. The van der Waals surface area contributed by atoms with E-state index in [0.29, 0.717) is 34.5 Å². The van der Waals surface area contributed by atoms with Crippen LogP contribution in [0.1, 0.15) is 24.8 Å². The topological polar surface area (TPSA) is 55.1 Å². The molecule has 0 bridgehead atoms. The van der Waals surface area contributed by atoms with Crippen LogP contribution in [0.4, 0.5) is 0 Å². The van der Waals surface area contributed by atoms with Gasteiger partial charge in [-0.3, -0.25) is 4.99 Å². The van der Waals surface area contributed by atoms with Crippen molar-refractivity contribution in [3.63, 3.8) is 0 Å². The van der Waals surface area contributed by atoms with Gasteiger partial charge in [0.25, 0.3) is 0 Å². The zero-order valence-corrected chi connectivity index (χ0v) is 14.2. The maximum absolute atomic E-state index is 6.16. The number of rotatable bonds is 3. The molecular formula is C16H17Cl2N5. The van der Waals surface area contributed by atoms with E-state index in [1.54, 1.807) is 17.1 Å². The molecule has 4 atom stereocenters. The number of amidine groups is 1. The summed E-state index contributed by atoms with van der Waals surface area (Å²) in [6.07, 6.45) is 4.28. The third-order valence-electron chi connectivity index (χ3n) is 4.84. The van der Waals surface area contributed by atoms with Crippen molar-refractivity contribution >= 4 is 29.0 Å². The van der Waals surface area contributed by atoms with Crippen molar-refractivity contribution in [1.82, 2.24) is 20.1 Å². The van der Waals surface area contributed by atoms with Gasteiger partial charge >= 0.3 is 0 Å². The van der Waals surface area contributed by atoms with Gasteiger partial charge in [0.2, 0.25) is 0 Å². The van der Waals surface area contributed by atoms with Gasteiger partial charge in [-0.1, -0.05) is 30.1 Å². The third kappa shape index (κ3) is 2.83. The number of benzene rings is 1. The lowest BCUT2D eigenvalue weighted by molar-refractivity contribution is 0.476. The lowest BCUT2D eigenvalue weighted by atomic mass is 9.89. The normalized spacial score (nSPS) is 29.3. The van der Waals surface area contributed by atoms with Crippen molar-refractivity contribution in [1.29, 1.82) is 0 Å². The first kappa shape index (κ1) is 15.0. The SMILES string of the molecule is C[C@@H]1C2N=C(Cn3cncn3)NC2C[C@@H]1c1cc(Cl)cc(Cl)c1. The van der Waals surface area contributed by atoms with E-state index >= 15 is 0 Å². The van der Waals surface area contributed by atoms with Gasteiger partial charge in [-0.25, -0.2) is 9.67 Å². The lowest BCUT2D eigenvalue weighted by Gasteiger charge is -2.18. The maximum atomic E-state index is 6.16. The number of nitrogens with one attached hydrogen (secondary N) is 1. The Hall–Kier alpha value is -1.59. The van der Waals surface area contributed by atoms with Crippen molar-refractivity contribution in [3.8, 4) is 0 Å². The molecule has 0 saturated heterocycles. The predicted molar refractivity (Wildman–Crippen MR) is 91.2 cm³/mol. The minimum atomic E-state index is 0.288. The highest BCUT2D eigenvalue weighted by atomic mass is 35.5. The number of hydrogen-bond acceptors (Lipinski definition) is 4. The van der Waals surface area contributed by atoms with E-state index in [1.165, 1.54) is 11.9 Å². The van der Waals surface area contributed by atoms with Crippen LogP contribution in [0.15, 0.2) is 35.8 Å². The Morgan fingerprint density at radius 2 is 2.04 bits per heavy atom. The molecule has 23 heavy (non-hydrogen) atoms. The molecule has 2 aromatic rings. The van der Waals surface area contributed by atoms with Crippen molar-refractivity contribution in [2.75, 3.05) is 0 Å². The van der Waals surface area contributed by atoms with Gasteiger partial charge in [0.05, 0.1) is 18.6 Å². The summed E-state index contributed by atoms with van der Waals surface area (Å²) in [5.74, 6) is 1.85. The predicted octanol–water partition coefficient (Wildman–Crippen LogP) is 3.15. The third-order valence-corrected chi connectivity index (χ3v) is 5.28. The van der Waals surface area contributed by atoms with Crippen LogP contribution in [0.2, 0.25) is 10.0 Å². The molecule has 7 heteroatoms. The minimum Gasteiger partial charge on any atom is -0.367 e. The highest BCUT2D eigenvalue weighted by Crippen LogP contribution is 2.44. The first-order chi connectivity index (χ1) is 11.1. The van der Waals surface area contributed by atoms with Crippen molar-refractivity contribution in [2.45, 2.75) is 37.9 Å². The van der Waals surface area contributed by atoms with Gasteiger partial charge in [-0.15, -0.1) is 0 Å². The molecule has 1 aliphatic heterocycles.